The fraction of sp³-hybridized carbons (Fsp3) is 0.556. The van der Waals surface area contributed by atoms with Gasteiger partial charge >= 0.3 is 5.97 Å². The average molecular weight is 417 g/mol. The van der Waals surface area contributed by atoms with E-state index in [9.17, 15) is 23.1 Å². The maximum Gasteiger partial charge on any atom is 0.326 e. The number of halogens is 1. The summed E-state index contributed by atoms with van der Waals surface area (Å²) in [5.74, 6) is -1.64. The smallest absolute Gasteiger partial charge is 0.326 e. The number of rotatable bonds is 7. The molecule has 1 aliphatic heterocycles. The minimum absolute atomic E-state index is 0.137. The number of piperidine rings is 1. The summed E-state index contributed by atoms with van der Waals surface area (Å²) in [7, 11) is -3.63. The number of carboxylic acids is 1. The van der Waals surface area contributed by atoms with Crippen molar-refractivity contribution >= 4 is 33.5 Å². The van der Waals surface area contributed by atoms with E-state index < -0.39 is 28.0 Å². The van der Waals surface area contributed by atoms with Gasteiger partial charge in [0.25, 0.3) is 0 Å². The molecule has 7 nitrogen and oxygen atoms in total. The summed E-state index contributed by atoms with van der Waals surface area (Å²) < 4.78 is 26.7. The highest BCUT2D eigenvalue weighted by molar-refractivity contribution is 7.89. The van der Waals surface area contributed by atoms with Crippen molar-refractivity contribution in [3.05, 3.63) is 29.3 Å². The van der Waals surface area contributed by atoms with Gasteiger partial charge in [0, 0.05) is 24.0 Å². The number of amides is 1. The third-order valence-corrected chi connectivity index (χ3v) is 6.76. The summed E-state index contributed by atoms with van der Waals surface area (Å²) in [6.45, 7) is 4.21. The molecule has 0 aromatic heterocycles. The van der Waals surface area contributed by atoms with Crippen molar-refractivity contribution in [3.63, 3.8) is 0 Å². The van der Waals surface area contributed by atoms with E-state index in [4.69, 9.17) is 11.6 Å². The van der Waals surface area contributed by atoms with Gasteiger partial charge in [-0.05, 0) is 49.4 Å². The molecule has 9 heteroatoms. The number of aliphatic carboxylic acids is 1. The monoisotopic (exact) mass is 416 g/mol. The molecule has 1 aliphatic rings. The zero-order chi connectivity index (χ0) is 20.2. The SMILES string of the molecule is CC(C)C[C@@H](NC(=O)C1CCN(S(=O)(=O)c2ccc(Cl)cc2)CC1)C(=O)O. The van der Waals surface area contributed by atoms with Crippen LogP contribution in [-0.2, 0) is 19.6 Å². The molecule has 150 valence electrons. The van der Waals surface area contributed by atoms with Crippen LogP contribution >= 0.6 is 11.6 Å². The van der Waals surface area contributed by atoms with Crippen LogP contribution < -0.4 is 5.32 Å². The second kappa shape index (κ2) is 9.03. The largest absolute Gasteiger partial charge is 0.480 e. The van der Waals surface area contributed by atoms with Crippen LogP contribution in [0, 0.1) is 11.8 Å². The van der Waals surface area contributed by atoms with Crippen molar-refractivity contribution < 1.29 is 23.1 Å². The van der Waals surface area contributed by atoms with Crippen molar-refractivity contribution in [2.45, 2.75) is 44.0 Å². The Morgan fingerprint density at radius 2 is 1.78 bits per heavy atom. The van der Waals surface area contributed by atoms with Gasteiger partial charge in [0.1, 0.15) is 6.04 Å². The number of nitrogens with one attached hydrogen (secondary N) is 1. The summed E-state index contributed by atoms with van der Waals surface area (Å²) in [6, 6.07) is 5.04. The molecule has 0 spiro atoms. The van der Waals surface area contributed by atoms with Crippen LogP contribution in [0.15, 0.2) is 29.2 Å². The number of benzene rings is 1. The van der Waals surface area contributed by atoms with Crippen molar-refractivity contribution in [1.82, 2.24) is 9.62 Å². The molecule has 1 atom stereocenters. The van der Waals surface area contributed by atoms with E-state index in [2.05, 4.69) is 5.32 Å². The Kier molecular flexibility index (Phi) is 7.25. The third-order valence-electron chi connectivity index (χ3n) is 4.60. The van der Waals surface area contributed by atoms with E-state index in [1.807, 2.05) is 13.8 Å². The molecule has 0 aliphatic carbocycles. The first kappa shape index (κ1) is 21.7. The summed E-state index contributed by atoms with van der Waals surface area (Å²) in [4.78, 5) is 23.9. The molecule has 1 saturated heterocycles. The quantitative estimate of drug-likeness (QED) is 0.710. The molecule has 1 amide bonds. The van der Waals surface area contributed by atoms with Gasteiger partial charge in [-0.25, -0.2) is 13.2 Å². The number of hydrogen-bond acceptors (Lipinski definition) is 4. The molecule has 1 heterocycles. The maximum absolute atomic E-state index is 12.7. The third kappa shape index (κ3) is 5.67. The second-order valence-corrected chi connectivity index (χ2v) is 9.54. The molecule has 1 aromatic rings. The molecule has 0 radical (unpaired) electrons. The molecule has 2 N–H and O–H groups in total. The van der Waals surface area contributed by atoms with Crippen LogP contribution in [0.2, 0.25) is 5.02 Å². The normalized spacial score (nSPS) is 17.6. The Labute approximate surface area is 164 Å². The zero-order valence-corrected chi connectivity index (χ0v) is 17.0. The molecule has 0 unspecified atom stereocenters. The summed E-state index contributed by atoms with van der Waals surface area (Å²) >= 11 is 5.80. The van der Waals surface area contributed by atoms with Gasteiger partial charge in [-0.15, -0.1) is 0 Å². The number of nitrogens with zero attached hydrogens (tertiary/aromatic N) is 1. The zero-order valence-electron chi connectivity index (χ0n) is 15.4. The van der Waals surface area contributed by atoms with Gasteiger partial charge in [-0.3, -0.25) is 4.79 Å². The van der Waals surface area contributed by atoms with Crippen LogP contribution in [0.5, 0.6) is 0 Å². The predicted octanol–water partition coefficient (Wildman–Crippen LogP) is 2.36. The van der Waals surface area contributed by atoms with Gasteiger partial charge < -0.3 is 10.4 Å². The van der Waals surface area contributed by atoms with Crippen LogP contribution in [0.1, 0.15) is 33.1 Å². The van der Waals surface area contributed by atoms with E-state index in [0.29, 0.717) is 24.3 Å². The Balaban J connectivity index is 1.96. The number of hydrogen-bond donors (Lipinski definition) is 2. The topological polar surface area (TPSA) is 104 Å². The van der Waals surface area contributed by atoms with E-state index in [0.717, 1.165) is 0 Å². The molecule has 27 heavy (non-hydrogen) atoms. The minimum Gasteiger partial charge on any atom is -0.480 e. The fourth-order valence-corrected chi connectivity index (χ4v) is 4.69. The maximum atomic E-state index is 12.7. The number of carboxylic acid groups (broad SMARTS) is 1. The Bertz CT molecular complexity index is 771. The summed E-state index contributed by atoms with van der Waals surface area (Å²) in [6.07, 6.45) is 1.06. The van der Waals surface area contributed by atoms with Crippen LogP contribution in [0.3, 0.4) is 0 Å². The molecular weight excluding hydrogens is 392 g/mol. The molecular formula is C18H25ClN2O5S. The van der Waals surface area contributed by atoms with E-state index >= 15 is 0 Å². The first-order valence-electron chi connectivity index (χ1n) is 8.90. The van der Waals surface area contributed by atoms with Crippen LogP contribution in [-0.4, -0.2) is 48.8 Å². The fourth-order valence-electron chi connectivity index (χ4n) is 3.10. The molecule has 2 rings (SSSR count). The standard InChI is InChI=1S/C18H25ClN2O5S/c1-12(2)11-16(18(23)24)20-17(22)13-7-9-21(10-8-13)27(25,26)15-5-3-14(19)4-6-15/h3-6,12-13,16H,7-11H2,1-2H3,(H,20,22)(H,23,24)/t16-/m1/s1. The lowest BCUT2D eigenvalue weighted by Gasteiger charge is -2.31. The lowest BCUT2D eigenvalue weighted by Crippen LogP contribution is -2.47. The lowest BCUT2D eigenvalue weighted by molar-refractivity contribution is -0.143. The molecule has 1 fully saturated rings. The van der Waals surface area contributed by atoms with Crippen LogP contribution in [0.4, 0.5) is 0 Å². The van der Waals surface area contributed by atoms with Crippen molar-refractivity contribution in [1.29, 1.82) is 0 Å². The average Bonchev–Trinajstić information content (AvgIpc) is 2.61. The molecule has 1 aromatic carbocycles. The summed E-state index contributed by atoms with van der Waals surface area (Å²) in [5, 5.41) is 12.3. The van der Waals surface area contributed by atoms with Crippen LogP contribution in [0.25, 0.3) is 0 Å². The Morgan fingerprint density at radius 3 is 2.26 bits per heavy atom. The highest BCUT2D eigenvalue weighted by Crippen LogP contribution is 2.25. The first-order valence-corrected chi connectivity index (χ1v) is 10.7. The highest BCUT2D eigenvalue weighted by atomic mass is 35.5. The van der Waals surface area contributed by atoms with Gasteiger partial charge in [-0.2, -0.15) is 4.31 Å². The Hall–Kier alpha value is -1.64. The van der Waals surface area contributed by atoms with Crippen molar-refractivity contribution in [2.24, 2.45) is 11.8 Å². The van der Waals surface area contributed by atoms with E-state index in [1.165, 1.54) is 28.6 Å². The molecule has 0 bridgehead atoms. The highest BCUT2D eigenvalue weighted by Gasteiger charge is 2.33. The summed E-state index contributed by atoms with van der Waals surface area (Å²) in [5.41, 5.74) is 0. The van der Waals surface area contributed by atoms with Gasteiger partial charge in [0.15, 0.2) is 0 Å². The molecule has 0 saturated carbocycles. The number of carbonyl (C=O) groups is 2. The van der Waals surface area contributed by atoms with E-state index in [1.54, 1.807) is 0 Å². The minimum atomic E-state index is -3.63. The second-order valence-electron chi connectivity index (χ2n) is 7.16. The Morgan fingerprint density at radius 1 is 1.22 bits per heavy atom. The van der Waals surface area contributed by atoms with Gasteiger partial charge in [-0.1, -0.05) is 25.4 Å². The number of sulfonamides is 1. The van der Waals surface area contributed by atoms with Crippen molar-refractivity contribution in [3.8, 4) is 0 Å². The van der Waals surface area contributed by atoms with Crippen molar-refractivity contribution in [2.75, 3.05) is 13.1 Å². The van der Waals surface area contributed by atoms with Gasteiger partial charge in [0.05, 0.1) is 4.90 Å². The predicted molar refractivity (Wildman–Crippen MR) is 102 cm³/mol. The van der Waals surface area contributed by atoms with E-state index in [-0.39, 0.29) is 29.8 Å². The first-order chi connectivity index (χ1) is 12.6. The number of carbonyl (C=O) groups excluding carboxylic acids is 1. The lowest BCUT2D eigenvalue weighted by atomic mass is 9.96. The van der Waals surface area contributed by atoms with Gasteiger partial charge in [0.2, 0.25) is 15.9 Å².